The molecule has 0 radical (unpaired) electrons. The number of ether oxygens (including phenoxy) is 2. The number of aromatic nitrogens is 2. The van der Waals surface area contributed by atoms with Crippen LogP contribution in [0.15, 0.2) is 24.4 Å². The molecule has 1 aromatic heterocycles. The highest BCUT2D eigenvalue weighted by Gasteiger charge is 2.14. The summed E-state index contributed by atoms with van der Waals surface area (Å²) in [7, 11) is 4.96. The van der Waals surface area contributed by atoms with E-state index in [1.165, 1.54) is 0 Å². The Morgan fingerprint density at radius 1 is 1.33 bits per heavy atom. The quantitative estimate of drug-likeness (QED) is 0.909. The van der Waals surface area contributed by atoms with Gasteiger partial charge in [0.25, 0.3) is 5.91 Å². The highest BCUT2D eigenvalue weighted by atomic mass is 16.5. The fourth-order valence-corrected chi connectivity index (χ4v) is 2.09. The summed E-state index contributed by atoms with van der Waals surface area (Å²) in [5, 5.41) is 6.93. The minimum atomic E-state index is -0.162. The van der Waals surface area contributed by atoms with Crippen molar-refractivity contribution in [3.63, 3.8) is 0 Å². The smallest absolute Gasteiger partial charge is 0.255 e. The number of amides is 1. The lowest BCUT2D eigenvalue weighted by Crippen LogP contribution is -2.23. The molecule has 6 nitrogen and oxygen atoms in total. The summed E-state index contributed by atoms with van der Waals surface area (Å²) in [6.07, 6.45) is 1.56. The van der Waals surface area contributed by atoms with Crippen LogP contribution in [0.1, 0.15) is 21.6 Å². The third-order valence-electron chi connectivity index (χ3n) is 3.40. The minimum Gasteiger partial charge on any atom is -0.493 e. The number of carbonyl (C=O) groups excluding carboxylic acids is 1. The highest BCUT2D eigenvalue weighted by molar-refractivity contribution is 5.95. The largest absolute Gasteiger partial charge is 0.493 e. The van der Waals surface area contributed by atoms with E-state index < -0.39 is 0 Å². The standard InChI is InChI=1S/C15H19N3O3/c1-10-12(9-17-18(10)2)15(19)16-8-11-6-5-7-13(20-3)14(11)21-4/h5-7,9H,8H2,1-4H3,(H,16,19). The molecule has 0 spiro atoms. The van der Waals surface area contributed by atoms with E-state index in [4.69, 9.17) is 9.47 Å². The van der Waals surface area contributed by atoms with Crippen LogP contribution in [0, 0.1) is 6.92 Å². The van der Waals surface area contributed by atoms with Crippen LogP contribution in [0.25, 0.3) is 0 Å². The maximum atomic E-state index is 12.2. The molecule has 1 aromatic carbocycles. The Labute approximate surface area is 123 Å². The monoisotopic (exact) mass is 289 g/mol. The van der Waals surface area contributed by atoms with Gasteiger partial charge in [0.15, 0.2) is 11.5 Å². The van der Waals surface area contributed by atoms with E-state index >= 15 is 0 Å². The zero-order valence-electron chi connectivity index (χ0n) is 12.6. The second-order valence-corrected chi connectivity index (χ2v) is 4.60. The van der Waals surface area contributed by atoms with E-state index in [0.29, 0.717) is 23.6 Å². The van der Waals surface area contributed by atoms with Crippen LogP contribution in [-0.4, -0.2) is 29.9 Å². The lowest BCUT2D eigenvalue weighted by Gasteiger charge is -2.13. The fourth-order valence-electron chi connectivity index (χ4n) is 2.09. The molecule has 0 saturated heterocycles. The molecule has 0 fully saturated rings. The molecular weight excluding hydrogens is 270 g/mol. The van der Waals surface area contributed by atoms with E-state index in [0.717, 1.165) is 11.3 Å². The van der Waals surface area contributed by atoms with Gasteiger partial charge in [0.2, 0.25) is 0 Å². The Morgan fingerprint density at radius 3 is 2.67 bits per heavy atom. The number of rotatable bonds is 5. The molecule has 2 rings (SSSR count). The van der Waals surface area contributed by atoms with Crippen molar-refractivity contribution in [2.24, 2.45) is 7.05 Å². The summed E-state index contributed by atoms with van der Waals surface area (Å²) < 4.78 is 12.2. The molecule has 0 bridgehead atoms. The van der Waals surface area contributed by atoms with E-state index in [1.54, 1.807) is 32.1 Å². The van der Waals surface area contributed by atoms with Gasteiger partial charge in [0, 0.05) is 24.8 Å². The van der Waals surface area contributed by atoms with E-state index in [1.807, 2.05) is 25.1 Å². The Kier molecular flexibility index (Phi) is 4.47. The zero-order valence-corrected chi connectivity index (χ0v) is 12.6. The number of nitrogens with one attached hydrogen (secondary N) is 1. The molecule has 0 aliphatic rings. The summed E-state index contributed by atoms with van der Waals surface area (Å²) >= 11 is 0. The van der Waals surface area contributed by atoms with E-state index in [2.05, 4.69) is 10.4 Å². The molecule has 0 saturated carbocycles. The molecular formula is C15H19N3O3. The number of hydrogen-bond acceptors (Lipinski definition) is 4. The predicted octanol–water partition coefficient (Wildman–Crippen LogP) is 1.68. The van der Waals surface area contributed by atoms with Gasteiger partial charge in [-0.25, -0.2) is 0 Å². The maximum Gasteiger partial charge on any atom is 0.255 e. The number of benzene rings is 1. The van der Waals surface area contributed by atoms with Crippen molar-refractivity contribution in [3.05, 3.63) is 41.2 Å². The summed E-state index contributed by atoms with van der Waals surface area (Å²) in [4.78, 5) is 12.2. The molecule has 21 heavy (non-hydrogen) atoms. The van der Waals surface area contributed by atoms with Crippen LogP contribution in [0.2, 0.25) is 0 Å². The van der Waals surface area contributed by atoms with Crippen molar-refractivity contribution in [1.29, 1.82) is 0 Å². The lowest BCUT2D eigenvalue weighted by atomic mass is 10.1. The summed E-state index contributed by atoms with van der Waals surface area (Å²) in [6, 6.07) is 5.56. The molecule has 112 valence electrons. The Hall–Kier alpha value is -2.50. The first-order valence-electron chi connectivity index (χ1n) is 6.55. The van der Waals surface area contributed by atoms with Crippen LogP contribution in [-0.2, 0) is 13.6 Å². The molecule has 1 amide bonds. The Morgan fingerprint density at radius 2 is 2.10 bits per heavy atom. The first kappa shape index (κ1) is 14.9. The summed E-state index contributed by atoms with van der Waals surface area (Å²) in [5.74, 6) is 1.11. The molecule has 2 aromatic rings. The van der Waals surface area contributed by atoms with Crippen molar-refractivity contribution in [2.45, 2.75) is 13.5 Å². The summed E-state index contributed by atoms with van der Waals surface area (Å²) in [5.41, 5.74) is 2.25. The van der Waals surface area contributed by atoms with Gasteiger partial charge in [-0.2, -0.15) is 5.10 Å². The van der Waals surface area contributed by atoms with Gasteiger partial charge in [0.1, 0.15) is 0 Å². The van der Waals surface area contributed by atoms with Crippen molar-refractivity contribution < 1.29 is 14.3 Å². The average Bonchev–Trinajstić information content (AvgIpc) is 2.84. The van der Waals surface area contributed by atoms with Crippen molar-refractivity contribution in [3.8, 4) is 11.5 Å². The topological polar surface area (TPSA) is 65.4 Å². The first-order chi connectivity index (χ1) is 10.1. The van der Waals surface area contributed by atoms with Crippen LogP contribution in [0.4, 0.5) is 0 Å². The van der Waals surface area contributed by atoms with E-state index in [9.17, 15) is 4.79 Å². The van der Waals surface area contributed by atoms with Crippen LogP contribution in [0.3, 0.4) is 0 Å². The van der Waals surface area contributed by atoms with Gasteiger partial charge >= 0.3 is 0 Å². The second-order valence-electron chi connectivity index (χ2n) is 4.60. The number of nitrogens with zero attached hydrogens (tertiary/aromatic N) is 2. The predicted molar refractivity (Wildman–Crippen MR) is 78.7 cm³/mol. The highest BCUT2D eigenvalue weighted by Crippen LogP contribution is 2.30. The lowest BCUT2D eigenvalue weighted by molar-refractivity contribution is 0.0950. The average molecular weight is 289 g/mol. The zero-order chi connectivity index (χ0) is 15.4. The maximum absolute atomic E-state index is 12.2. The summed E-state index contributed by atoms with van der Waals surface area (Å²) in [6.45, 7) is 2.21. The van der Waals surface area contributed by atoms with Gasteiger partial charge in [0.05, 0.1) is 26.0 Å². The van der Waals surface area contributed by atoms with Gasteiger partial charge in [-0.15, -0.1) is 0 Å². The minimum absolute atomic E-state index is 0.162. The second kappa shape index (κ2) is 6.30. The van der Waals surface area contributed by atoms with Crippen LogP contribution < -0.4 is 14.8 Å². The fraction of sp³-hybridized carbons (Fsp3) is 0.333. The van der Waals surface area contributed by atoms with Gasteiger partial charge in [-0.1, -0.05) is 12.1 Å². The number of methoxy groups -OCH3 is 2. The van der Waals surface area contributed by atoms with Gasteiger partial charge < -0.3 is 14.8 Å². The normalized spacial score (nSPS) is 10.3. The van der Waals surface area contributed by atoms with E-state index in [-0.39, 0.29) is 5.91 Å². The molecule has 0 aliphatic heterocycles. The molecule has 1 N–H and O–H groups in total. The number of aryl methyl sites for hydroxylation is 1. The molecule has 1 heterocycles. The molecule has 0 atom stereocenters. The Balaban J connectivity index is 2.13. The van der Waals surface area contributed by atoms with Crippen molar-refractivity contribution >= 4 is 5.91 Å². The van der Waals surface area contributed by atoms with Crippen LogP contribution in [0.5, 0.6) is 11.5 Å². The Bertz CT molecular complexity index is 650. The molecule has 0 unspecified atom stereocenters. The third kappa shape index (κ3) is 2.99. The van der Waals surface area contributed by atoms with Gasteiger partial charge in [-0.3, -0.25) is 9.48 Å². The van der Waals surface area contributed by atoms with Crippen molar-refractivity contribution in [1.82, 2.24) is 15.1 Å². The first-order valence-corrected chi connectivity index (χ1v) is 6.55. The number of hydrogen-bond donors (Lipinski definition) is 1. The number of carbonyl (C=O) groups is 1. The van der Waals surface area contributed by atoms with Gasteiger partial charge in [-0.05, 0) is 13.0 Å². The molecule has 0 aliphatic carbocycles. The number of para-hydroxylation sites is 1. The third-order valence-corrected chi connectivity index (χ3v) is 3.40. The molecule has 6 heteroatoms. The SMILES string of the molecule is COc1cccc(CNC(=O)c2cnn(C)c2C)c1OC. The van der Waals surface area contributed by atoms with Crippen molar-refractivity contribution in [2.75, 3.05) is 14.2 Å². The van der Waals surface area contributed by atoms with Crippen LogP contribution >= 0.6 is 0 Å².